The minimum atomic E-state index is -5.02. The molecule has 1 aliphatic heterocycles. The molecule has 6 nitrogen and oxygen atoms in total. The monoisotopic (exact) mass is 345 g/mol. The number of nitro groups is 1. The number of aliphatic hydroxyl groups is 1. The fraction of sp³-hybridized carbons (Fsp3) is 0.400. The van der Waals surface area contributed by atoms with E-state index in [9.17, 15) is 33.2 Å². The van der Waals surface area contributed by atoms with Gasteiger partial charge in [-0.3, -0.25) is 14.9 Å². The summed E-state index contributed by atoms with van der Waals surface area (Å²) in [6.45, 7) is 2.14. The molecule has 3 unspecified atom stereocenters. The molecule has 0 saturated heterocycles. The lowest BCUT2D eigenvalue weighted by Crippen LogP contribution is -2.54. The van der Waals surface area contributed by atoms with Gasteiger partial charge < -0.3 is 9.84 Å². The minimum Gasteiger partial charge on any atom is -0.512 e. The third-order valence-corrected chi connectivity index (χ3v) is 3.81. The van der Waals surface area contributed by atoms with E-state index in [2.05, 4.69) is 0 Å². The average Bonchev–Trinajstić information content (AvgIpc) is 2.44. The van der Waals surface area contributed by atoms with Gasteiger partial charge in [0.05, 0.1) is 11.7 Å². The first-order valence-corrected chi connectivity index (χ1v) is 6.92. The number of fused-ring (bicyclic) bond motifs is 1. The number of para-hydroxylation sites is 1. The Morgan fingerprint density at radius 3 is 2.33 bits per heavy atom. The van der Waals surface area contributed by atoms with E-state index < -0.39 is 46.3 Å². The normalized spacial score (nSPS) is 24.5. The van der Waals surface area contributed by atoms with Crippen LogP contribution in [-0.2, 0) is 4.79 Å². The fourth-order valence-electron chi connectivity index (χ4n) is 2.93. The average molecular weight is 345 g/mol. The van der Waals surface area contributed by atoms with E-state index in [1.807, 2.05) is 0 Å². The van der Waals surface area contributed by atoms with Gasteiger partial charge in [-0.15, -0.1) is 0 Å². The van der Waals surface area contributed by atoms with Gasteiger partial charge >= 0.3 is 6.18 Å². The molecule has 1 N–H and O–H groups in total. The smallest absolute Gasteiger partial charge is 0.432 e. The maximum absolute atomic E-state index is 13.3. The lowest BCUT2D eigenvalue weighted by molar-refractivity contribution is -0.546. The fourth-order valence-corrected chi connectivity index (χ4v) is 2.93. The van der Waals surface area contributed by atoms with E-state index in [0.717, 1.165) is 13.8 Å². The predicted molar refractivity (Wildman–Crippen MR) is 76.4 cm³/mol. The number of carbonyl (C=O) groups excluding carboxylic acids is 1. The number of benzene rings is 1. The number of rotatable bonds is 3. The van der Waals surface area contributed by atoms with Crippen molar-refractivity contribution in [2.24, 2.45) is 0 Å². The second kappa shape index (κ2) is 6.14. The Bertz CT molecular complexity index is 709. The van der Waals surface area contributed by atoms with Crippen molar-refractivity contribution in [3.63, 3.8) is 0 Å². The Labute approximate surface area is 134 Å². The minimum absolute atomic E-state index is 0.0540. The van der Waals surface area contributed by atoms with Gasteiger partial charge in [-0.25, -0.2) is 0 Å². The van der Waals surface area contributed by atoms with Crippen molar-refractivity contribution in [2.75, 3.05) is 0 Å². The van der Waals surface area contributed by atoms with Crippen LogP contribution >= 0.6 is 0 Å². The number of alkyl halides is 3. The first kappa shape index (κ1) is 17.8. The number of ether oxygens (including phenoxy) is 1. The Morgan fingerprint density at radius 2 is 1.88 bits per heavy atom. The zero-order valence-electron chi connectivity index (χ0n) is 12.7. The first-order chi connectivity index (χ1) is 11.1. The van der Waals surface area contributed by atoms with Crippen LogP contribution in [0.5, 0.6) is 5.75 Å². The van der Waals surface area contributed by atoms with E-state index in [1.54, 1.807) is 0 Å². The molecule has 0 saturated carbocycles. The summed E-state index contributed by atoms with van der Waals surface area (Å²) >= 11 is 0. The Hall–Kier alpha value is -2.58. The topological polar surface area (TPSA) is 89.7 Å². The highest BCUT2D eigenvalue weighted by Crippen LogP contribution is 2.46. The molecule has 24 heavy (non-hydrogen) atoms. The van der Waals surface area contributed by atoms with E-state index in [0.29, 0.717) is 0 Å². The van der Waals surface area contributed by atoms with Crippen LogP contribution < -0.4 is 4.74 Å². The molecule has 0 amide bonds. The number of hydrogen-bond acceptors (Lipinski definition) is 5. The third kappa shape index (κ3) is 3.06. The molecule has 2 rings (SSSR count). The first-order valence-electron chi connectivity index (χ1n) is 6.92. The van der Waals surface area contributed by atoms with Gasteiger partial charge in [-0.1, -0.05) is 18.2 Å². The molecule has 0 aliphatic carbocycles. The highest BCUT2D eigenvalue weighted by atomic mass is 19.4. The van der Waals surface area contributed by atoms with E-state index >= 15 is 0 Å². The quantitative estimate of drug-likeness (QED) is 0.393. The van der Waals surface area contributed by atoms with Crippen LogP contribution in [0.4, 0.5) is 13.2 Å². The highest BCUT2D eigenvalue weighted by molar-refractivity contribution is 5.95. The maximum Gasteiger partial charge on any atom is 0.432 e. The number of hydrogen-bond donors (Lipinski definition) is 1. The molecule has 1 heterocycles. The number of allylic oxidation sites excluding steroid dienone is 1. The van der Waals surface area contributed by atoms with Crippen LogP contribution in [0, 0.1) is 10.1 Å². The molecule has 1 aromatic rings. The van der Waals surface area contributed by atoms with Gasteiger partial charge in [-0.2, -0.15) is 13.2 Å². The van der Waals surface area contributed by atoms with E-state index in [-0.39, 0.29) is 11.3 Å². The molecule has 1 aromatic carbocycles. The van der Waals surface area contributed by atoms with Crippen LogP contribution in [0.25, 0.3) is 0 Å². The van der Waals surface area contributed by atoms with Gasteiger partial charge in [0, 0.05) is 16.1 Å². The van der Waals surface area contributed by atoms with Crippen molar-refractivity contribution < 1.29 is 32.7 Å². The van der Waals surface area contributed by atoms with Gasteiger partial charge in [0.25, 0.3) is 12.1 Å². The largest absolute Gasteiger partial charge is 0.512 e. The second-order valence-corrected chi connectivity index (χ2v) is 5.43. The summed E-state index contributed by atoms with van der Waals surface area (Å²) in [5.74, 6) is -3.08. The summed E-state index contributed by atoms with van der Waals surface area (Å²) in [6, 6.07) is 3.17. The molecular formula is C15H14F3NO5. The third-order valence-electron chi connectivity index (χ3n) is 3.81. The number of aliphatic hydroxyl groups excluding tert-OH is 1. The van der Waals surface area contributed by atoms with Crippen LogP contribution in [0.3, 0.4) is 0 Å². The summed E-state index contributed by atoms with van der Waals surface area (Å²) in [7, 11) is 0. The molecule has 1 aliphatic rings. The van der Waals surface area contributed by atoms with Gasteiger partial charge in [-0.05, 0) is 19.9 Å². The van der Waals surface area contributed by atoms with Crippen LogP contribution in [0.2, 0.25) is 0 Å². The number of Topliss-reactive ketones (excluding diaryl/α,β-unsaturated/α-hetero) is 1. The molecule has 0 radical (unpaired) electrons. The molecule has 130 valence electrons. The Morgan fingerprint density at radius 1 is 1.29 bits per heavy atom. The van der Waals surface area contributed by atoms with Crippen LogP contribution in [-0.4, -0.2) is 34.1 Å². The van der Waals surface area contributed by atoms with E-state index in [1.165, 1.54) is 24.3 Å². The molecule has 0 spiro atoms. The SMILES string of the molecule is CC(=O)C(=C(C)O)C1c2ccccc2OC(C(F)(F)F)C1[N+](=O)[O-]. The van der Waals surface area contributed by atoms with Crippen molar-refractivity contribution in [1.82, 2.24) is 0 Å². The number of ketones is 1. The van der Waals surface area contributed by atoms with Crippen molar-refractivity contribution >= 4 is 5.78 Å². The van der Waals surface area contributed by atoms with Crippen LogP contribution in [0.15, 0.2) is 35.6 Å². The zero-order valence-corrected chi connectivity index (χ0v) is 12.7. The molecule has 0 fully saturated rings. The highest BCUT2D eigenvalue weighted by Gasteiger charge is 2.60. The van der Waals surface area contributed by atoms with E-state index in [4.69, 9.17) is 4.74 Å². The molecule has 0 aromatic heterocycles. The zero-order chi connectivity index (χ0) is 18.2. The number of halogens is 3. The predicted octanol–water partition coefficient (Wildman–Crippen LogP) is 3.16. The van der Waals surface area contributed by atoms with Gasteiger partial charge in [0.15, 0.2) is 5.78 Å². The van der Waals surface area contributed by atoms with Crippen LogP contribution in [0.1, 0.15) is 25.3 Å². The summed E-state index contributed by atoms with van der Waals surface area (Å²) < 4.78 is 44.7. The molecular weight excluding hydrogens is 331 g/mol. The summed E-state index contributed by atoms with van der Waals surface area (Å²) in [6.07, 6.45) is -7.75. The summed E-state index contributed by atoms with van der Waals surface area (Å²) in [5, 5.41) is 21.2. The molecule has 9 heteroatoms. The van der Waals surface area contributed by atoms with Crippen molar-refractivity contribution in [1.29, 1.82) is 0 Å². The van der Waals surface area contributed by atoms with Gasteiger partial charge in [0.1, 0.15) is 5.75 Å². The lowest BCUT2D eigenvalue weighted by atomic mass is 9.78. The Kier molecular flexibility index (Phi) is 4.54. The second-order valence-electron chi connectivity index (χ2n) is 5.43. The van der Waals surface area contributed by atoms with Crippen molar-refractivity contribution in [2.45, 2.75) is 38.1 Å². The number of nitrogens with zero attached hydrogens (tertiary/aromatic N) is 1. The Balaban J connectivity index is 2.77. The molecule has 3 atom stereocenters. The van der Waals surface area contributed by atoms with Crippen molar-refractivity contribution in [3.05, 3.63) is 51.3 Å². The number of carbonyl (C=O) groups is 1. The summed E-state index contributed by atoms with van der Waals surface area (Å²) in [5.41, 5.74) is -0.375. The lowest BCUT2D eigenvalue weighted by Gasteiger charge is -2.35. The molecule has 0 bridgehead atoms. The standard InChI is InChI=1S/C15H14F3NO5/c1-7(20)11(8(2)21)12-9-5-3-4-6-10(9)24-14(15(16,17)18)13(12)19(22)23/h3-6,12-14,20H,1-2H3. The maximum atomic E-state index is 13.3. The van der Waals surface area contributed by atoms with Crippen molar-refractivity contribution in [3.8, 4) is 5.75 Å². The summed E-state index contributed by atoms with van der Waals surface area (Å²) in [4.78, 5) is 22.1. The van der Waals surface area contributed by atoms with Gasteiger partial charge in [0.2, 0.25) is 0 Å².